The van der Waals surface area contributed by atoms with Crippen molar-refractivity contribution in [2.24, 2.45) is 0 Å². The lowest BCUT2D eigenvalue weighted by molar-refractivity contribution is -0.136. The van der Waals surface area contributed by atoms with Crippen LogP contribution in [0.3, 0.4) is 0 Å². The summed E-state index contributed by atoms with van der Waals surface area (Å²) in [6.07, 6.45) is 1.03. The van der Waals surface area contributed by atoms with E-state index >= 15 is 0 Å². The first-order valence-electron chi connectivity index (χ1n) is 9.00. The summed E-state index contributed by atoms with van der Waals surface area (Å²) in [6.45, 7) is 1.70. The van der Waals surface area contributed by atoms with Gasteiger partial charge in [0.15, 0.2) is 21.9 Å². The Morgan fingerprint density at radius 2 is 2.04 bits per heavy atom. The van der Waals surface area contributed by atoms with Gasteiger partial charge in [0, 0.05) is 18.7 Å². The number of hydrogen-bond acceptors (Lipinski definition) is 7. The van der Waals surface area contributed by atoms with Crippen LogP contribution in [0.5, 0.6) is 0 Å². The van der Waals surface area contributed by atoms with E-state index in [0.717, 1.165) is 6.07 Å². The molecule has 1 aliphatic rings. The molecular formula is C19H21NO7S. The molecule has 1 aromatic heterocycles. The molecule has 1 amide bonds. The zero-order valence-corrected chi connectivity index (χ0v) is 16.2. The summed E-state index contributed by atoms with van der Waals surface area (Å²) in [5, 5.41) is 0.340. The third kappa shape index (κ3) is 4.41. The molecule has 1 saturated heterocycles. The van der Waals surface area contributed by atoms with Crippen LogP contribution in [0.15, 0.2) is 39.5 Å². The summed E-state index contributed by atoms with van der Waals surface area (Å²) in [6, 6.07) is 7.11. The summed E-state index contributed by atoms with van der Waals surface area (Å²) in [4.78, 5) is 38.3. The van der Waals surface area contributed by atoms with Gasteiger partial charge < -0.3 is 14.1 Å². The van der Waals surface area contributed by atoms with Crippen LogP contribution in [0.4, 0.5) is 0 Å². The first-order valence-corrected chi connectivity index (χ1v) is 10.8. The second kappa shape index (κ2) is 8.14. The van der Waals surface area contributed by atoms with E-state index in [1.165, 1.54) is 4.90 Å². The minimum Gasteiger partial charge on any atom is -0.450 e. The van der Waals surface area contributed by atoms with E-state index in [1.807, 2.05) is 6.92 Å². The van der Waals surface area contributed by atoms with Crippen molar-refractivity contribution in [2.45, 2.75) is 25.8 Å². The molecule has 28 heavy (non-hydrogen) atoms. The van der Waals surface area contributed by atoms with Crippen molar-refractivity contribution in [3.63, 3.8) is 0 Å². The topological polar surface area (TPSA) is 111 Å². The van der Waals surface area contributed by atoms with Gasteiger partial charge in [-0.25, -0.2) is 13.2 Å². The van der Waals surface area contributed by atoms with Crippen molar-refractivity contribution in [1.29, 1.82) is 0 Å². The van der Waals surface area contributed by atoms with Crippen LogP contribution in [-0.4, -0.2) is 55.9 Å². The Balaban J connectivity index is 1.69. The van der Waals surface area contributed by atoms with Crippen molar-refractivity contribution in [3.8, 4) is 0 Å². The fraction of sp³-hybridized carbons (Fsp3) is 0.421. The van der Waals surface area contributed by atoms with Gasteiger partial charge in [0.25, 0.3) is 5.91 Å². The molecule has 2 aromatic rings. The number of hydrogen-bond donors (Lipinski definition) is 0. The van der Waals surface area contributed by atoms with E-state index in [4.69, 9.17) is 9.15 Å². The predicted octanol–water partition coefficient (Wildman–Crippen LogP) is 1.38. The van der Waals surface area contributed by atoms with E-state index in [2.05, 4.69) is 0 Å². The molecular weight excluding hydrogens is 386 g/mol. The number of carbonyl (C=O) groups is 2. The molecule has 1 aliphatic heterocycles. The Bertz CT molecular complexity index is 1060. The van der Waals surface area contributed by atoms with Gasteiger partial charge in [0.1, 0.15) is 5.58 Å². The van der Waals surface area contributed by atoms with Crippen molar-refractivity contribution in [2.75, 3.05) is 24.7 Å². The number of nitrogens with zero attached hydrogens (tertiary/aromatic N) is 1. The van der Waals surface area contributed by atoms with Gasteiger partial charge in [-0.3, -0.25) is 9.59 Å². The first-order chi connectivity index (χ1) is 13.3. The molecule has 3 rings (SSSR count). The third-order valence-electron chi connectivity index (χ3n) is 4.60. The maximum atomic E-state index is 12.5. The molecule has 0 aliphatic carbocycles. The number of rotatable bonds is 6. The van der Waals surface area contributed by atoms with Crippen LogP contribution in [0.1, 0.15) is 30.3 Å². The molecule has 0 saturated carbocycles. The largest absolute Gasteiger partial charge is 0.450 e. The molecule has 0 spiro atoms. The average Bonchev–Trinajstić information content (AvgIpc) is 3.03. The second-order valence-electron chi connectivity index (χ2n) is 6.69. The Labute approximate surface area is 162 Å². The number of fused-ring (bicyclic) bond motifs is 1. The SMILES string of the molecule is CCCN(C(=O)COC(=O)c1cc(=O)c2ccccc2o1)[C@H]1CCS(=O)(=O)C1. The summed E-state index contributed by atoms with van der Waals surface area (Å²) >= 11 is 0. The number of para-hydroxylation sites is 1. The monoisotopic (exact) mass is 407 g/mol. The maximum Gasteiger partial charge on any atom is 0.374 e. The molecule has 0 unspecified atom stereocenters. The second-order valence-corrected chi connectivity index (χ2v) is 8.92. The Hall–Kier alpha value is -2.68. The van der Waals surface area contributed by atoms with Gasteiger partial charge in [-0.15, -0.1) is 0 Å². The predicted molar refractivity (Wildman–Crippen MR) is 102 cm³/mol. The summed E-state index contributed by atoms with van der Waals surface area (Å²) < 4.78 is 33.8. The van der Waals surface area contributed by atoms with Gasteiger partial charge in [0.05, 0.1) is 16.9 Å². The standard InChI is InChI=1S/C19H21NO7S/c1-2-8-20(13-7-9-28(24,25)12-13)18(22)11-26-19(23)17-10-15(21)14-5-3-4-6-16(14)27-17/h3-6,10,13H,2,7-9,11-12H2,1H3/t13-/m0/s1. The molecule has 2 heterocycles. The first kappa shape index (κ1) is 20.1. The average molecular weight is 407 g/mol. The number of carbonyl (C=O) groups excluding carboxylic acids is 2. The highest BCUT2D eigenvalue weighted by atomic mass is 32.2. The summed E-state index contributed by atoms with van der Waals surface area (Å²) in [7, 11) is -3.14. The summed E-state index contributed by atoms with van der Waals surface area (Å²) in [5.41, 5.74) is -0.138. The van der Waals surface area contributed by atoms with Crippen molar-refractivity contribution in [1.82, 2.24) is 4.90 Å². The van der Waals surface area contributed by atoms with E-state index in [0.29, 0.717) is 24.8 Å². The Kier molecular flexibility index (Phi) is 5.83. The summed E-state index contributed by atoms with van der Waals surface area (Å²) in [5.74, 6) is -1.71. The molecule has 0 bridgehead atoms. The van der Waals surface area contributed by atoms with Gasteiger partial charge in [-0.05, 0) is 25.0 Å². The third-order valence-corrected chi connectivity index (χ3v) is 6.35. The lowest BCUT2D eigenvalue weighted by Crippen LogP contribution is -2.43. The Morgan fingerprint density at radius 1 is 1.29 bits per heavy atom. The lowest BCUT2D eigenvalue weighted by Gasteiger charge is -2.27. The normalized spacial score (nSPS) is 18.1. The highest BCUT2D eigenvalue weighted by Gasteiger charge is 2.34. The molecule has 9 heteroatoms. The van der Waals surface area contributed by atoms with Crippen LogP contribution in [0.25, 0.3) is 11.0 Å². The van der Waals surface area contributed by atoms with Crippen molar-refractivity contribution in [3.05, 3.63) is 46.3 Å². The lowest BCUT2D eigenvalue weighted by atomic mass is 10.2. The van der Waals surface area contributed by atoms with Crippen LogP contribution in [0.2, 0.25) is 0 Å². The van der Waals surface area contributed by atoms with Crippen molar-refractivity contribution < 1.29 is 27.2 Å². The molecule has 8 nitrogen and oxygen atoms in total. The van der Waals surface area contributed by atoms with Crippen LogP contribution in [-0.2, 0) is 19.4 Å². The molecule has 150 valence electrons. The Morgan fingerprint density at radius 3 is 2.71 bits per heavy atom. The van der Waals surface area contributed by atoms with Gasteiger partial charge in [-0.1, -0.05) is 19.1 Å². The van der Waals surface area contributed by atoms with Gasteiger partial charge >= 0.3 is 5.97 Å². The molecule has 0 radical (unpaired) electrons. The molecule has 1 aromatic carbocycles. The highest BCUT2D eigenvalue weighted by molar-refractivity contribution is 7.91. The molecule has 1 atom stereocenters. The van der Waals surface area contributed by atoms with E-state index < -0.39 is 34.4 Å². The maximum absolute atomic E-state index is 12.5. The minimum atomic E-state index is -3.14. The number of esters is 1. The van der Waals surface area contributed by atoms with E-state index in [9.17, 15) is 22.8 Å². The zero-order chi connectivity index (χ0) is 20.3. The van der Waals surface area contributed by atoms with E-state index in [-0.39, 0.29) is 28.3 Å². The minimum absolute atomic E-state index is 0.0488. The fourth-order valence-electron chi connectivity index (χ4n) is 3.26. The fourth-order valence-corrected chi connectivity index (χ4v) is 4.99. The molecule has 0 N–H and O–H groups in total. The highest BCUT2D eigenvalue weighted by Crippen LogP contribution is 2.19. The molecule has 1 fully saturated rings. The number of ether oxygens (including phenoxy) is 1. The van der Waals surface area contributed by atoms with Crippen molar-refractivity contribution >= 4 is 32.7 Å². The number of benzene rings is 1. The number of sulfone groups is 1. The van der Waals surface area contributed by atoms with Crippen LogP contribution >= 0.6 is 0 Å². The van der Waals surface area contributed by atoms with Gasteiger partial charge in [0.2, 0.25) is 5.76 Å². The van der Waals surface area contributed by atoms with Crippen LogP contribution in [0, 0.1) is 0 Å². The zero-order valence-electron chi connectivity index (χ0n) is 15.4. The van der Waals surface area contributed by atoms with Gasteiger partial charge in [-0.2, -0.15) is 0 Å². The quantitative estimate of drug-likeness (QED) is 0.665. The number of amides is 1. The smallest absolute Gasteiger partial charge is 0.374 e. The van der Waals surface area contributed by atoms with E-state index in [1.54, 1.807) is 24.3 Å². The van der Waals surface area contributed by atoms with Crippen LogP contribution < -0.4 is 5.43 Å².